The number of carbonyl (C=O) groups is 2. The Morgan fingerprint density at radius 1 is 1.28 bits per heavy atom. The fourth-order valence-corrected chi connectivity index (χ4v) is 6.12. The first-order chi connectivity index (χ1) is 18.7. The van der Waals surface area contributed by atoms with Crippen molar-refractivity contribution in [3.05, 3.63) is 41.2 Å². The Morgan fingerprint density at radius 3 is 2.92 bits per heavy atom. The van der Waals surface area contributed by atoms with Gasteiger partial charge in [0.05, 0.1) is 17.1 Å². The first-order valence-electron chi connectivity index (χ1n) is 13.0. The van der Waals surface area contributed by atoms with Gasteiger partial charge in [0.2, 0.25) is 5.91 Å². The largest absolute Gasteiger partial charge is 0.444 e. The number of carbonyl (C=O) groups excluding carboxylic acids is 2. The first kappa shape index (κ1) is 26.8. The highest BCUT2D eigenvalue weighted by Crippen LogP contribution is 2.40. The lowest BCUT2D eigenvalue weighted by Crippen LogP contribution is -2.49. The van der Waals surface area contributed by atoms with Gasteiger partial charge in [0.15, 0.2) is 0 Å². The monoisotopic (exact) mass is 551 g/mol. The lowest BCUT2D eigenvalue weighted by Gasteiger charge is -2.25. The molecule has 11 nitrogen and oxygen atoms in total. The van der Waals surface area contributed by atoms with Crippen molar-refractivity contribution in [1.29, 1.82) is 0 Å². The predicted molar refractivity (Wildman–Crippen MR) is 150 cm³/mol. The molecule has 206 valence electrons. The molecular formula is C27H33N7O4S. The number of alkyl carbamates (subject to hydrolysis) is 1. The molecule has 0 fully saturated rings. The third-order valence-corrected chi connectivity index (χ3v) is 7.80. The van der Waals surface area contributed by atoms with Gasteiger partial charge in [-0.1, -0.05) is 0 Å². The van der Waals surface area contributed by atoms with Gasteiger partial charge in [0.25, 0.3) is 0 Å². The van der Waals surface area contributed by atoms with E-state index in [9.17, 15) is 14.7 Å². The minimum Gasteiger partial charge on any atom is -0.444 e. The summed E-state index contributed by atoms with van der Waals surface area (Å²) in [6.07, 6.45) is 5.38. The molecule has 2 amide bonds. The summed E-state index contributed by atoms with van der Waals surface area (Å²) in [6, 6.07) is 5.15. The SMILES string of the molecule is CC(C)(C)OC(=O)N[C@H](CCO)C(=O)NCC1CCc2c(sc3ncnc(Nc4ccc5[nH]ncc5c4)c23)C1. The fourth-order valence-electron chi connectivity index (χ4n) is 4.82. The van der Waals surface area contributed by atoms with E-state index in [1.54, 1.807) is 44.6 Å². The summed E-state index contributed by atoms with van der Waals surface area (Å²) in [7, 11) is 0. The number of rotatable bonds is 8. The Labute approximate surface area is 229 Å². The van der Waals surface area contributed by atoms with Gasteiger partial charge < -0.3 is 25.8 Å². The van der Waals surface area contributed by atoms with Crippen LogP contribution >= 0.6 is 11.3 Å². The topological polar surface area (TPSA) is 154 Å². The van der Waals surface area contributed by atoms with Crippen molar-refractivity contribution in [2.45, 2.75) is 58.1 Å². The van der Waals surface area contributed by atoms with E-state index < -0.39 is 17.7 Å². The van der Waals surface area contributed by atoms with Crippen molar-refractivity contribution < 1.29 is 19.4 Å². The molecule has 5 N–H and O–H groups in total. The maximum absolute atomic E-state index is 12.8. The van der Waals surface area contributed by atoms with E-state index in [2.05, 4.69) is 36.1 Å². The van der Waals surface area contributed by atoms with Crippen LogP contribution in [0.15, 0.2) is 30.7 Å². The van der Waals surface area contributed by atoms with Gasteiger partial charge in [-0.3, -0.25) is 9.89 Å². The Hall–Kier alpha value is -3.77. The zero-order valence-corrected chi connectivity index (χ0v) is 23.0. The highest BCUT2D eigenvalue weighted by Gasteiger charge is 2.28. The van der Waals surface area contributed by atoms with Crippen LogP contribution in [-0.2, 0) is 22.4 Å². The number of aliphatic hydroxyl groups is 1. The molecule has 0 aliphatic heterocycles. The molecule has 12 heteroatoms. The standard InChI is InChI=1S/C27H33N7O4S/c1-27(2,3)38-26(37)33-20(8-9-35)24(36)28-12-15-4-6-18-21(10-15)39-25-22(18)23(29-14-30-25)32-17-5-7-19-16(11-17)13-31-34-19/h5,7,11,13-15,20,35H,4,6,8-10,12H2,1-3H3,(H,28,36)(H,31,34)(H,33,37)(H,29,30,32)/t15?,20-/m1/s1. The van der Waals surface area contributed by atoms with Gasteiger partial charge in [0, 0.05) is 29.1 Å². The van der Waals surface area contributed by atoms with Crippen LogP contribution in [0.4, 0.5) is 16.3 Å². The minimum atomic E-state index is -0.862. The molecule has 0 radical (unpaired) electrons. The second-order valence-electron chi connectivity index (χ2n) is 10.8. The number of aryl methyl sites for hydroxylation is 1. The number of H-pyrrole nitrogens is 1. The van der Waals surface area contributed by atoms with Crippen molar-refractivity contribution in [1.82, 2.24) is 30.8 Å². The summed E-state index contributed by atoms with van der Waals surface area (Å²) in [6.45, 7) is 5.51. The van der Waals surface area contributed by atoms with E-state index in [0.717, 1.165) is 51.9 Å². The number of benzene rings is 1. The summed E-state index contributed by atoms with van der Waals surface area (Å²) in [5.41, 5.74) is 2.48. The number of amides is 2. The summed E-state index contributed by atoms with van der Waals surface area (Å²) < 4.78 is 5.26. The van der Waals surface area contributed by atoms with Crippen molar-refractivity contribution in [2.75, 3.05) is 18.5 Å². The van der Waals surface area contributed by atoms with Crippen molar-refractivity contribution >= 4 is 56.0 Å². The zero-order chi connectivity index (χ0) is 27.6. The minimum absolute atomic E-state index is 0.109. The lowest BCUT2D eigenvalue weighted by atomic mass is 9.87. The van der Waals surface area contributed by atoms with Crippen LogP contribution in [0, 0.1) is 5.92 Å². The molecule has 5 rings (SSSR count). The summed E-state index contributed by atoms with van der Waals surface area (Å²) >= 11 is 1.67. The molecule has 0 saturated heterocycles. The number of nitrogens with zero attached hydrogens (tertiary/aromatic N) is 3. The summed E-state index contributed by atoms with van der Waals surface area (Å²) in [5, 5.41) is 27.5. The molecule has 1 aliphatic carbocycles. The molecule has 0 bridgehead atoms. The molecule has 0 spiro atoms. The van der Waals surface area contributed by atoms with E-state index in [1.165, 1.54) is 10.4 Å². The van der Waals surface area contributed by atoms with E-state index in [4.69, 9.17) is 4.74 Å². The number of hydrogen-bond donors (Lipinski definition) is 5. The van der Waals surface area contributed by atoms with Crippen LogP contribution in [0.25, 0.3) is 21.1 Å². The van der Waals surface area contributed by atoms with E-state index in [1.807, 2.05) is 18.2 Å². The Bertz CT molecular complexity index is 1490. The van der Waals surface area contributed by atoms with Gasteiger partial charge in [0.1, 0.15) is 28.6 Å². The molecule has 3 heterocycles. The van der Waals surface area contributed by atoms with Crippen molar-refractivity contribution in [2.24, 2.45) is 5.92 Å². The van der Waals surface area contributed by atoms with Crippen molar-refractivity contribution in [3.8, 4) is 0 Å². The summed E-state index contributed by atoms with van der Waals surface area (Å²) in [4.78, 5) is 36.3. The van der Waals surface area contributed by atoms with Gasteiger partial charge in [-0.15, -0.1) is 11.3 Å². The average Bonchev–Trinajstić information content (AvgIpc) is 3.50. The molecule has 1 aromatic carbocycles. The number of aromatic amines is 1. The van der Waals surface area contributed by atoms with E-state index >= 15 is 0 Å². The Balaban J connectivity index is 1.24. The van der Waals surface area contributed by atoms with Gasteiger partial charge in [-0.25, -0.2) is 14.8 Å². The van der Waals surface area contributed by atoms with Crippen LogP contribution in [0.5, 0.6) is 0 Å². The molecule has 39 heavy (non-hydrogen) atoms. The second kappa shape index (κ2) is 11.1. The van der Waals surface area contributed by atoms with Gasteiger partial charge in [-0.05, 0) is 76.1 Å². The average molecular weight is 552 g/mol. The van der Waals surface area contributed by atoms with E-state index in [-0.39, 0.29) is 24.9 Å². The van der Waals surface area contributed by atoms with E-state index in [0.29, 0.717) is 6.54 Å². The predicted octanol–water partition coefficient (Wildman–Crippen LogP) is 3.81. The number of hydrogen-bond acceptors (Lipinski definition) is 9. The Kier molecular flexibility index (Phi) is 7.67. The highest BCUT2D eigenvalue weighted by molar-refractivity contribution is 7.19. The maximum atomic E-state index is 12.8. The third-order valence-electron chi connectivity index (χ3n) is 6.64. The van der Waals surface area contributed by atoms with Crippen molar-refractivity contribution in [3.63, 3.8) is 0 Å². The normalized spacial score (nSPS) is 16.1. The van der Waals surface area contributed by atoms with Crippen LogP contribution in [0.2, 0.25) is 0 Å². The molecule has 1 unspecified atom stereocenters. The number of ether oxygens (including phenoxy) is 1. The van der Waals surface area contributed by atoms with Crippen LogP contribution in [0.1, 0.15) is 44.1 Å². The second-order valence-corrected chi connectivity index (χ2v) is 11.9. The number of thiophene rings is 1. The molecular weight excluding hydrogens is 518 g/mol. The van der Waals surface area contributed by atoms with Crippen LogP contribution in [-0.4, -0.2) is 62.1 Å². The maximum Gasteiger partial charge on any atom is 0.408 e. The zero-order valence-electron chi connectivity index (χ0n) is 22.2. The first-order valence-corrected chi connectivity index (χ1v) is 13.9. The number of anilines is 2. The molecule has 2 atom stereocenters. The number of aromatic nitrogens is 4. The third kappa shape index (κ3) is 6.28. The molecule has 3 aromatic heterocycles. The van der Waals surface area contributed by atoms with Crippen LogP contribution in [0.3, 0.4) is 0 Å². The number of nitrogens with one attached hydrogen (secondary N) is 4. The lowest BCUT2D eigenvalue weighted by molar-refractivity contribution is -0.123. The molecule has 4 aromatic rings. The van der Waals surface area contributed by atoms with Gasteiger partial charge >= 0.3 is 6.09 Å². The molecule has 0 saturated carbocycles. The van der Waals surface area contributed by atoms with Crippen LogP contribution < -0.4 is 16.0 Å². The highest BCUT2D eigenvalue weighted by atomic mass is 32.1. The number of fused-ring (bicyclic) bond motifs is 4. The Morgan fingerprint density at radius 2 is 2.13 bits per heavy atom. The quantitative estimate of drug-likeness (QED) is 0.222. The fraction of sp³-hybridized carbons (Fsp3) is 0.444. The summed E-state index contributed by atoms with van der Waals surface area (Å²) in [5.74, 6) is 0.704. The van der Waals surface area contributed by atoms with Gasteiger partial charge in [-0.2, -0.15) is 5.10 Å². The smallest absolute Gasteiger partial charge is 0.408 e. The molecule has 1 aliphatic rings. The number of aliphatic hydroxyl groups excluding tert-OH is 1.